The topological polar surface area (TPSA) is 104 Å². The molecule has 26 heavy (non-hydrogen) atoms. The van der Waals surface area contributed by atoms with Crippen LogP contribution in [-0.4, -0.2) is 22.6 Å². The molecule has 1 aromatic carbocycles. The molecular formula is C18H20N4O3S. The molecule has 1 aromatic heterocycles. The fourth-order valence-electron chi connectivity index (χ4n) is 2.02. The average molecular weight is 372 g/mol. The third-order valence-electron chi connectivity index (χ3n) is 3.10. The van der Waals surface area contributed by atoms with Gasteiger partial charge >= 0.3 is 6.09 Å². The molecule has 2 aromatic rings. The van der Waals surface area contributed by atoms with Gasteiger partial charge in [-0.2, -0.15) is 5.26 Å². The molecule has 0 saturated carbocycles. The van der Waals surface area contributed by atoms with Gasteiger partial charge in [0.15, 0.2) is 0 Å². The summed E-state index contributed by atoms with van der Waals surface area (Å²) >= 11 is 1.21. The quantitative estimate of drug-likeness (QED) is 0.853. The van der Waals surface area contributed by atoms with E-state index in [0.29, 0.717) is 26.8 Å². The van der Waals surface area contributed by atoms with E-state index in [0.717, 1.165) is 0 Å². The smallest absolute Gasteiger partial charge is 0.408 e. The standard InChI is InChI=1S/C18H20N4O3S/c1-11-15(16(23)22-13-7-5-12(9-19)6-8-13)26-14(21-11)10-20-17(24)25-18(2,3)4/h5-8H,10H2,1-4H3,(H,20,24)(H,22,23). The monoisotopic (exact) mass is 372 g/mol. The predicted octanol–water partition coefficient (Wildman–Crippen LogP) is 3.60. The molecule has 8 heteroatoms. The summed E-state index contributed by atoms with van der Waals surface area (Å²) in [7, 11) is 0. The Morgan fingerprint density at radius 1 is 1.27 bits per heavy atom. The molecule has 7 nitrogen and oxygen atoms in total. The van der Waals surface area contributed by atoms with Crippen molar-refractivity contribution in [1.29, 1.82) is 5.26 Å². The van der Waals surface area contributed by atoms with Gasteiger partial charge in [0, 0.05) is 5.69 Å². The highest BCUT2D eigenvalue weighted by molar-refractivity contribution is 7.13. The second-order valence-corrected chi connectivity index (χ2v) is 7.60. The van der Waals surface area contributed by atoms with E-state index in [9.17, 15) is 9.59 Å². The van der Waals surface area contributed by atoms with Gasteiger partial charge in [0.25, 0.3) is 5.91 Å². The van der Waals surface area contributed by atoms with Gasteiger partial charge in [0.1, 0.15) is 15.5 Å². The summed E-state index contributed by atoms with van der Waals surface area (Å²) < 4.78 is 5.17. The minimum Gasteiger partial charge on any atom is -0.444 e. The van der Waals surface area contributed by atoms with E-state index in [1.807, 2.05) is 6.07 Å². The van der Waals surface area contributed by atoms with Crippen LogP contribution in [0.4, 0.5) is 10.5 Å². The lowest BCUT2D eigenvalue weighted by molar-refractivity contribution is 0.0523. The van der Waals surface area contributed by atoms with Crippen LogP contribution in [-0.2, 0) is 11.3 Å². The van der Waals surface area contributed by atoms with Gasteiger partial charge in [0.05, 0.1) is 23.9 Å². The molecule has 0 spiro atoms. The first-order valence-corrected chi connectivity index (χ1v) is 8.74. The number of alkyl carbamates (subject to hydrolysis) is 1. The van der Waals surface area contributed by atoms with E-state index < -0.39 is 11.7 Å². The summed E-state index contributed by atoms with van der Waals surface area (Å²) in [5.41, 5.74) is 1.12. The fraction of sp³-hybridized carbons (Fsp3) is 0.333. The molecular weight excluding hydrogens is 352 g/mol. The first kappa shape index (κ1) is 19.4. The van der Waals surface area contributed by atoms with Crippen LogP contribution >= 0.6 is 11.3 Å². The Labute approximate surface area is 156 Å². The number of anilines is 1. The third kappa shape index (κ3) is 5.57. The Morgan fingerprint density at radius 3 is 2.50 bits per heavy atom. The number of aromatic nitrogens is 1. The van der Waals surface area contributed by atoms with Gasteiger partial charge in [-0.3, -0.25) is 4.79 Å². The minimum absolute atomic E-state index is 0.185. The summed E-state index contributed by atoms with van der Waals surface area (Å²) in [5, 5.41) is 14.8. The SMILES string of the molecule is Cc1nc(CNC(=O)OC(C)(C)C)sc1C(=O)Nc1ccc(C#N)cc1. The van der Waals surface area contributed by atoms with Crippen LogP contribution < -0.4 is 10.6 Å². The molecule has 2 rings (SSSR count). The average Bonchev–Trinajstić information content (AvgIpc) is 2.93. The summed E-state index contributed by atoms with van der Waals surface area (Å²) in [6, 6.07) is 8.61. The molecule has 0 fully saturated rings. The van der Waals surface area contributed by atoms with Crippen molar-refractivity contribution in [3.8, 4) is 6.07 Å². The number of benzene rings is 1. The summed E-state index contributed by atoms with van der Waals surface area (Å²) in [4.78, 5) is 28.9. The molecule has 0 unspecified atom stereocenters. The Morgan fingerprint density at radius 2 is 1.92 bits per heavy atom. The van der Waals surface area contributed by atoms with E-state index in [2.05, 4.69) is 15.6 Å². The van der Waals surface area contributed by atoms with E-state index in [-0.39, 0.29) is 12.5 Å². The number of nitrogens with one attached hydrogen (secondary N) is 2. The van der Waals surface area contributed by atoms with Crippen LogP contribution in [0.25, 0.3) is 0 Å². The third-order valence-corrected chi connectivity index (χ3v) is 4.26. The Balaban J connectivity index is 1.99. The highest BCUT2D eigenvalue weighted by atomic mass is 32.1. The lowest BCUT2D eigenvalue weighted by Crippen LogP contribution is -2.32. The van der Waals surface area contributed by atoms with Crippen LogP contribution in [0.15, 0.2) is 24.3 Å². The number of amides is 2. The largest absolute Gasteiger partial charge is 0.444 e. The number of thiazole rings is 1. The molecule has 0 saturated heterocycles. The lowest BCUT2D eigenvalue weighted by Gasteiger charge is -2.19. The minimum atomic E-state index is -0.574. The first-order chi connectivity index (χ1) is 12.2. The van der Waals surface area contributed by atoms with Crippen LogP contribution in [0.3, 0.4) is 0 Å². The highest BCUT2D eigenvalue weighted by Crippen LogP contribution is 2.20. The number of aryl methyl sites for hydroxylation is 1. The number of hydrogen-bond acceptors (Lipinski definition) is 6. The van der Waals surface area contributed by atoms with Crippen molar-refractivity contribution in [3.05, 3.63) is 45.4 Å². The van der Waals surface area contributed by atoms with Crippen molar-refractivity contribution in [2.75, 3.05) is 5.32 Å². The van der Waals surface area contributed by atoms with E-state index in [1.165, 1.54) is 11.3 Å². The fourth-order valence-corrected chi connectivity index (χ4v) is 2.92. The maximum absolute atomic E-state index is 12.4. The molecule has 0 atom stereocenters. The van der Waals surface area contributed by atoms with E-state index in [4.69, 9.17) is 10.00 Å². The van der Waals surface area contributed by atoms with Crippen molar-refractivity contribution in [3.63, 3.8) is 0 Å². The summed E-state index contributed by atoms with van der Waals surface area (Å²) in [6.45, 7) is 7.27. The van der Waals surface area contributed by atoms with Crippen molar-refractivity contribution in [2.45, 2.75) is 39.8 Å². The second kappa shape index (κ2) is 7.97. The maximum Gasteiger partial charge on any atom is 0.408 e. The van der Waals surface area contributed by atoms with Gasteiger partial charge in [-0.25, -0.2) is 9.78 Å². The molecule has 0 aliphatic rings. The number of rotatable bonds is 4. The number of ether oxygens (including phenoxy) is 1. The molecule has 0 aliphatic carbocycles. The Hall–Kier alpha value is -2.92. The zero-order chi connectivity index (χ0) is 19.3. The van der Waals surface area contributed by atoms with Gasteiger partial charge in [-0.15, -0.1) is 11.3 Å². The van der Waals surface area contributed by atoms with E-state index in [1.54, 1.807) is 52.0 Å². The van der Waals surface area contributed by atoms with Crippen LogP contribution in [0, 0.1) is 18.3 Å². The van der Waals surface area contributed by atoms with Crippen molar-refractivity contribution >= 4 is 29.0 Å². The van der Waals surface area contributed by atoms with Crippen LogP contribution in [0.2, 0.25) is 0 Å². The molecule has 0 aliphatic heterocycles. The molecule has 1 heterocycles. The van der Waals surface area contributed by atoms with Crippen LogP contribution in [0.1, 0.15) is 46.7 Å². The van der Waals surface area contributed by atoms with Crippen LogP contribution in [0.5, 0.6) is 0 Å². The van der Waals surface area contributed by atoms with Gasteiger partial charge in [-0.1, -0.05) is 0 Å². The summed E-state index contributed by atoms with van der Waals surface area (Å²) in [6.07, 6.45) is -0.533. The van der Waals surface area contributed by atoms with Gasteiger partial charge < -0.3 is 15.4 Å². The zero-order valence-corrected chi connectivity index (χ0v) is 15.9. The Kier molecular flexibility index (Phi) is 5.95. The highest BCUT2D eigenvalue weighted by Gasteiger charge is 2.18. The molecule has 136 valence electrons. The number of carbonyl (C=O) groups is 2. The van der Waals surface area contributed by atoms with Crippen molar-refractivity contribution in [2.24, 2.45) is 0 Å². The summed E-state index contributed by atoms with van der Waals surface area (Å²) in [5.74, 6) is -0.284. The molecule has 2 N–H and O–H groups in total. The van der Waals surface area contributed by atoms with Crippen molar-refractivity contribution < 1.29 is 14.3 Å². The number of nitrogens with zero attached hydrogens (tertiary/aromatic N) is 2. The van der Waals surface area contributed by atoms with Gasteiger partial charge in [-0.05, 0) is 52.0 Å². The number of nitriles is 1. The Bertz CT molecular complexity index is 845. The predicted molar refractivity (Wildman–Crippen MR) is 99.0 cm³/mol. The van der Waals surface area contributed by atoms with Crippen molar-refractivity contribution in [1.82, 2.24) is 10.3 Å². The molecule has 2 amide bonds. The van der Waals surface area contributed by atoms with E-state index >= 15 is 0 Å². The lowest BCUT2D eigenvalue weighted by atomic mass is 10.2. The number of carbonyl (C=O) groups excluding carboxylic acids is 2. The van der Waals surface area contributed by atoms with Gasteiger partial charge in [0.2, 0.25) is 0 Å². The second-order valence-electron chi connectivity index (χ2n) is 6.52. The number of hydrogen-bond donors (Lipinski definition) is 2. The normalized spacial score (nSPS) is 10.7. The zero-order valence-electron chi connectivity index (χ0n) is 15.0. The molecule has 0 bridgehead atoms. The molecule has 0 radical (unpaired) electrons. The maximum atomic E-state index is 12.4. The first-order valence-electron chi connectivity index (χ1n) is 7.92.